The molecule has 0 aromatic rings. The highest BCUT2D eigenvalue weighted by Crippen LogP contribution is 2.17. The third-order valence-electron chi connectivity index (χ3n) is 2.79. The molecule has 1 aliphatic rings. The van der Waals surface area contributed by atoms with Crippen LogP contribution in [-0.4, -0.2) is 29.3 Å². The van der Waals surface area contributed by atoms with E-state index in [4.69, 9.17) is 5.11 Å². The SMILES string of the molecule is CC(C)(CO)NC(=O)NC1CCCCC1. The average molecular weight is 214 g/mol. The molecule has 2 amide bonds. The highest BCUT2D eigenvalue weighted by atomic mass is 16.3. The van der Waals surface area contributed by atoms with Gasteiger partial charge >= 0.3 is 6.03 Å². The standard InChI is InChI=1S/C11H22N2O2/c1-11(2,8-14)13-10(15)12-9-6-4-3-5-7-9/h9,14H,3-8H2,1-2H3,(H2,12,13,15). The predicted molar refractivity (Wildman–Crippen MR) is 59.7 cm³/mol. The molecule has 0 bridgehead atoms. The molecule has 4 nitrogen and oxygen atoms in total. The molecule has 0 unspecified atom stereocenters. The fourth-order valence-corrected chi connectivity index (χ4v) is 1.82. The molecule has 0 saturated heterocycles. The van der Waals surface area contributed by atoms with E-state index >= 15 is 0 Å². The van der Waals surface area contributed by atoms with E-state index in [0.717, 1.165) is 12.8 Å². The van der Waals surface area contributed by atoms with E-state index in [1.54, 1.807) is 13.8 Å². The molecule has 0 aliphatic heterocycles. The van der Waals surface area contributed by atoms with Gasteiger partial charge in [0.2, 0.25) is 0 Å². The molecule has 0 atom stereocenters. The number of rotatable bonds is 3. The van der Waals surface area contributed by atoms with Crippen LogP contribution in [0.25, 0.3) is 0 Å². The molecule has 1 saturated carbocycles. The van der Waals surface area contributed by atoms with Crippen LogP contribution in [0, 0.1) is 0 Å². The zero-order valence-corrected chi connectivity index (χ0v) is 9.68. The molecule has 0 aromatic heterocycles. The largest absolute Gasteiger partial charge is 0.394 e. The summed E-state index contributed by atoms with van der Waals surface area (Å²) < 4.78 is 0. The molecule has 1 rings (SSSR count). The van der Waals surface area contributed by atoms with Gasteiger partial charge in [0.05, 0.1) is 12.1 Å². The zero-order chi connectivity index (χ0) is 11.3. The van der Waals surface area contributed by atoms with Gasteiger partial charge in [0, 0.05) is 6.04 Å². The van der Waals surface area contributed by atoms with Crippen LogP contribution in [0.5, 0.6) is 0 Å². The van der Waals surface area contributed by atoms with Gasteiger partial charge in [-0.2, -0.15) is 0 Å². The number of carbonyl (C=O) groups is 1. The normalized spacial score (nSPS) is 18.6. The fraction of sp³-hybridized carbons (Fsp3) is 0.909. The highest BCUT2D eigenvalue weighted by Gasteiger charge is 2.21. The van der Waals surface area contributed by atoms with Crippen LogP contribution in [0.4, 0.5) is 4.79 Å². The Balaban J connectivity index is 2.28. The Bertz CT molecular complexity index is 211. The Kier molecular flexibility index (Phi) is 4.39. The molecule has 1 fully saturated rings. The summed E-state index contributed by atoms with van der Waals surface area (Å²) in [5, 5.41) is 14.7. The van der Waals surface area contributed by atoms with E-state index < -0.39 is 5.54 Å². The minimum absolute atomic E-state index is 0.0505. The maximum atomic E-state index is 11.6. The lowest BCUT2D eigenvalue weighted by Gasteiger charge is -2.27. The van der Waals surface area contributed by atoms with E-state index in [9.17, 15) is 4.79 Å². The third-order valence-corrected chi connectivity index (χ3v) is 2.79. The van der Waals surface area contributed by atoms with Crippen molar-refractivity contribution in [3.8, 4) is 0 Å². The van der Waals surface area contributed by atoms with Crippen molar-refractivity contribution < 1.29 is 9.90 Å². The number of hydrogen-bond acceptors (Lipinski definition) is 2. The quantitative estimate of drug-likeness (QED) is 0.665. The first-order valence-corrected chi connectivity index (χ1v) is 5.73. The van der Waals surface area contributed by atoms with Gasteiger partial charge in [0.1, 0.15) is 0 Å². The summed E-state index contributed by atoms with van der Waals surface area (Å²) in [7, 11) is 0. The number of amides is 2. The molecule has 4 heteroatoms. The maximum absolute atomic E-state index is 11.6. The van der Waals surface area contributed by atoms with Crippen molar-refractivity contribution in [3.05, 3.63) is 0 Å². The summed E-state index contributed by atoms with van der Waals surface area (Å²) in [4.78, 5) is 11.6. The summed E-state index contributed by atoms with van der Waals surface area (Å²) >= 11 is 0. The molecule has 15 heavy (non-hydrogen) atoms. The van der Waals surface area contributed by atoms with Gasteiger partial charge in [-0.25, -0.2) is 4.79 Å². The van der Waals surface area contributed by atoms with Crippen LogP contribution in [0.2, 0.25) is 0 Å². The minimum Gasteiger partial charge on any atom is -0.394 e. The summed E-state index contributed by atoms with van der Waals surface area (Å²) in [5.74, 6) is 0. The Morgan fingerprint density at radius 2 is 1.93 bits per heavy atom. The van der Waals surface area contributed by atoms with Gasteiger partial charge in [-0.3, -0.25) is 0 Å². The molecule has 0 radical (unpaired) electrons. The van der Waals surface area contributed by atoms with Gasteiger partial charge in [0.25, 0.3) is 0 Å². The molecule has 0 aromatic carbocycles. The van der Waals surface area contributed by atoms with Crippen LogP contribution < -0.4 is 10.6 Å². The van der Waals surface area contributed by atoms with E-state index in [-0.39, 0.29) is 12.6 Å². The number of aliphatic hydroxyl groups excluding tert-OH is 1. The van der Waals surface area contributed by atoms with E-state index in [1.807, 2.05) is 0 Å². The lowest BCUT2D eigenvalue weighted by atomic mass is 9.96. The zero-order valence-electron chi connectivity index (χ0n) is 9.68. The van der Waals surface area contributed by atoms with Crippen molar-refractivity contribution in [3.63, 3.8) is 0 Å². The second-order valence-electron chi connectivity index (χ2n) is 4.98. The first kappa shape index (κ1) is 12.3. The number of carbonyl (C=O) groups excluding carboxylic acids is 1. The summed E-state index contributed by atoms with van der Waals surface area (Å²) in [6.45, 7) is 3.55. The van der Waals surface area contributed by atoms with Gasteiger partial charge in [-0.05, 0) is 26.7 Å². The Morgan fingerprint density at radius 3 is 2.47 bits per heavy atom. The lowest BCUT2D eigenvalue weighted by Crippen LogP contribution is -2.52. The van der Waals surface area contributed by atoms with Crippen LogP contribution in [0.1, 0.15) is 46.0 Å². The van der Waals surface area contributed by atoms with Gasteiger partial charge in [0.15, 0.2) is 0 Å². The Morgan fingerprint density at radius 1 is 1.33 bits per heavy atom. The number of urea groups is 1. The summed E-state index contributed by atoms with van der Waals surface area (Å²) in [6, 6.07) is 0.147. The van der Waals surface area contributed by atoms with E-state index in [2.05, 4.69) is 10.6 Å². The molecular weight excluding hydrogens is 192 g/mol. The summed E-state index contributed by atoms with van der Waals surface area (Å²) in [6.07, 6.45) is 5.84. The highest BCUT2D eigenvalue weighted by molar-refractivity contribution is 5.75. The van der Waals surface area contributed by atoms with Crippen molar-refractivity contribution in [1.29, 1.82) is 0 Å². The smallest absolute Gasteiger partial charge is 0.315 e. The van der Waals surface area contributed by atoms with Crippen LogP contribution in [-0.2, 0) is 0 Å². The monoisotopic (exact) mass is 214 g/mol. The van der Waals surface area contributed by atoms with Crippen molar-refractivity contribution in [1.82, 2.24) is 10.6 Å². The minimum atomic E-state index is -0.543. The molecular formula is C11H22N2O2. The molecule has 0 heterocycles. The molecule has 1 aliphatic carbocycles. The van der Waals surface area contributed by atoms with E-state index in [0.29, 0.717) is 6.04 Å². The van der Waals surface area contributed by atoms with Crippen LogP contribution >= 0.6 is 0 Å². The average Bonchev–Trinajstić information content (AvgIpc) is 2.18. The van der Waals surface area contributed by atoms with Gasteiger partial charge in [-0.15, -0.1) is 0 Å². The van der Waals surface area contributed by atoms with Crippen molar-refractivity contribution >= 4 is 6.03 Å². The number of hydrogen-bond donors (Lipinski definition) is 3. The molecule has 3 N–H and O–H groups in total. The predicted octanol–water partition coefficient (Wildman–Crippen LogP) is 1.39. The third kappa shape index (κ3) is 4.51. The van der Waals surface area contributed by atoms with Crippen molar-refractivity contribution in [2.45, 2.75) is 57.5 Å². The Labute approximate surface area is 91.4 Å². The Hall–Kier alpha value is -0.770. The molecule has 88 valence electrons. The fourth-order valence-electron chi connectivity index (χ4n) is 1.82. The van der Waals surface area contributed by atoms with Crippen LogP contribution in [0.15, 0.2) is 0 Å². The van der Waals surface area contributed by atoms with Crippen molar-refractivity contribution in [2.24, 2.45) is 0 Å². The second-order valence-corrected chi connectivity index (χ2v) is 4.98. The van der Waals surface area contributed by atoms with Crippen LogP contribution in [0.3, 0.4) is 0 Å². The first-order chi connectivity index (χ1) is 7.03. The summed E-state index contributed by atoms with van der Waals surface area (Å²) in [5.41, 5.74) is -0.543. The van der Waals surface area contributed by atoms with Gasteiger partial charge < -0.3 is 15.7 Å². The molecule has 0 spiro atoms. The maximum Gasteiger partial charge on any atom is 0.315 e. The topological polar surface area (TPSA) is 61.4 Å². The number of aliphatic hydroxyl groups is 1. The first-order valence-electron chi connectivity index (χ1n) is 5.73. The van der Waals surface area contributed by atoms with Crippen molar-refractivity contribution in [2.75, 3.05) is 6.61 Å². The lowest BCUT2D eigenvalue weighted by molar-refractivity contribution is 0.179. The second kappa shape index (κ2) is 5.35. The van der Waals surface area contributed by atoms with E-state index in [1.165, 1.54) is 19.3 Å². The van der Waals surface area contributed by atoms with Gasteiger partial charge in [-0.1, -0.05) is 19.3 Å². The number of nitrogens with one attached hydrogen (secondary N) is 2.